The number of esters is 1. The number of benzene rings is 2. The molecule has 0 radical (unpaired) electrons. The van der Waals surface area contributed by atoms with Gasteiger partial charge in [-0.15, -0.1) is 0 Å². The second-order valence-corrected chi connectivity index (χ2v) is 5.75. The number of nitrogens with zero attached hydrogens (tertiary/aromatic N) is 3. The normalized spacial score (nSPS) is 10.5. The third-order valence-corrected chi connectivity index (χ3v) is 4.11. The van der Waals surface area contributed by atoms with E-state index in [-0.39, 0.29) is 22.2 Å². The van der Waals surface area contributed by atoms with Gasteiger partial charge >= 0.3 is 17.6 Å². The Morgan fingerprint density at radius 2 is 1.69 bits per heavy atom. The Kier molecular flexibility index (Phi) is 4.88. The number of nitro benzene ring substituents is 2. The number of carbonyl (C=O) groups excluding carboxylic acids is 1. The molecule has 3 rings (SSSR count). The highest BCUT2D eigenvalue weighted by atomic mass is 16.6. The van der Waals surface area contributed by atoms with Crippen LogP contribution in [-0.2, 0) is 4.74 Å². The van der Waals surface area contributed by atoms with Crippen molar-refractivity contribution in [2.75, 3.05) is 7.11 Å². The predicted octanol–water partition coefficient (Wildman–Crippen LogP) is 3.20. The van der Waals surface area contributed by atoms with Crippen molar-refractivity contribution in [1.82, 2.24) is 4.98 Å². The van der Waals surface area contributed by atoms with Crippen molar-refractivity contribution in [3.05, 3.63) is 73.8 Å². The smallest absolute Gasteiger partial charge is 0.339 e. The summed E-state index contributed by atoms with van der Waals surface area (Å²) in [4.78, 5) is 49.5. The number of rotatable bonds is 5. The molecule has 3 aromatic rings. The summed E-state index contributed by atoms with van der Waals surface area (Å²) < 4.78 is 4.66. The summed E-state index contributed by atoms with van der Waals surface area (Å²) in [5.41, 5.74) is -2.87. The van der Waals surface area contributed by atoms with E-state index in [4.69, 9.17) is 0 Å². The highest BCUT2D eigenvalue weighted by Crippen LogP contribution is 2.37. The zero-order chi connectivity index (χ0) is 21.3. The number of carbonyl (C=O) groups is 2. The average Bonchev–Trinajstić information content (AvgIpc) is 2.71. The van der Waals surface area contributed by atoms with Gasteiger partial charge in [0.05, 0.1) is 34.3 Å². The van der Waals surface area contributed by atoms with Gasteiger partial charge in [0.25, 0.3) is 5.69 Å². The highest BCUT2D eigenvalue weighted by Gasteiger charge is 2.31. The first-order valence-corrected chi connectivity index (χ1v) is 7.93. The summed E-state index contributed by atoms with van der Waals surface area (Å²) in [6.07, 6.45) is 0. The Bertz CT molecular complexity index is 1190. The summed E-state index contributed by atoms with van der Waals surface area (Å²) in [6, 6.07) is 9.44. The van der Waals surface area contributed by atoms with E-state index in [2.05, 4.69) is 9.72 Å². The van der Waals surface area contributed by atoms with Gasteiger partial charge in [-0.1, -0.05) is 30.3 Å². The summed E-state index contributed by atoms with van der Waals surface area (Å²) in [7, 11) is 0.994. The minimum absolute atomic E-state index is 0.206. The van der Waals surface area contributed by atoms with Gasteiger partial charge in [0.15, 0.2) is 0 Å². The molecule has 0 aliphatic heterocycles. The Balaban J connectivity index is 2.62. The van der Waals surface area contributed by atoms with Crippen molar-refractivity contribution in [2.45, 2.75) is 0 Å². The molecule has 11 heteroatoms. The van der Waals surface area contributed by atoms with Crippen LogP contribution in [0.5, 0.6) is 0 Å². The maximum Gasteiger partial charge on any atom is 0.339 e. The minimum Gasteiger partial charge on any atom is -0.478 e. The molecule has 0 bridgehead atoms. The van der Waals surface area contributed by atoms with Crippen molar-refractivity contribution < 1.29 is 29.3 Å². The van der Waals surface area contributed by atoms with Gasteiger partial charge in [0, 0.05) is 17.0 Å². The Morgan fingerprint density at radius 3 is 2.21 bits per heavy atom. The highest BCUT2D eigenvalue weighted by molar-refractivity contribution is 6.16. The molecule has 0 spiro atoms. The standard InChI is InChI=1S/C18H11N3O8/c1-29-18(24)13-11-7-10(20(25)26)8-12(21(27)28)16(11)19-15(14(13)17(22)23)9-5-3-2-4-6-9/h2-8H,1H3,(H,22,23). The van der Waals surface area contributed by atoms with Crippen molar-refractivity contribution in [2.24, 2.45) is 0 Å². The fourth-order valence-corrected chi connectivity index (χ4v) is 2.90. The van der Waals surface area contributed by atoms with Crippen molar-refractivity contribution >= 4 is 34.2 Å². The van der Waals surface area contributed by atoms with Crippen LogP contribution in [0.4, 0.5) is 11.4 Å². The SMILES string of the molecule is COC(=O)c1c(C(=O)O)c(-c2ccccc2)nc2c([N+](=O)[O-])cc([N+](=O)[O-])cc12. The van der Waals surface area contributed by atoms with Crippen LogP contribution in [0.1, 0.15) is 20.7 Å². The van der Waals surface area contributed by atoms with Gasteiger partial charge in [0.2, 0.25) is 0 Å². The number of carboxylic acid groups (broad SMARTS) is 1. The summed E-state index contributed by atoms with van der Waals surface area (Å²) in [5, 5.41) is 32.1. The van der Waals surface area contributed by atoms with Crippen LogP contribution < -0.4 is 0 Å². The molecule has 29 heavy (non-hydrogen) atoms. The van der Waals surface area contributed by atoms with E-state index >= 15 is 0 Å². The molecule has 0 saturated heterocycles. The first-order chi connectivity index (χ1) is 13.8. The van der Waals surface area contributed by atoms with E-state index in [0.29, 0.717) is 6.07 Å². The molecule has 0 aliphatic carbocycles. The average molecular weight is 397 g/mol. The van der Waals surface area contributed by atoms with E-state index in [1.165, 1.54) is 12.1 Å². The van der Waals surface area contributed by atoms with Crippen LogP contribution in [0.2, 0.25) is 0 Å². The topological polar surface area (TPSA) is 163 Å². The lowest BCUT2D eigenvalue weighted by Gasteiger charge is -2.13. The molecule has 0 aliphatic rings. The molecule has 0 saturated carbocycles. The van der Waals surface area contributed by atoms with Gasteiger partial charge in [0.1, 0.15) is 11.1 Å². The third kappa shape index (κ3) is 3.32. The van der Waals surface area contributed by atoms with Gasteiger partial charge in [-0.25, -0.2) is 14.6 Å². The monoisotopic (exact) mass is 397 g/mol. The van der Waals surface area contributed by atoms with Crippen molar-refractivity contribution in [3.8, 4) is 11.3 Å². The Morgan fingerprint density at radius 1 is 1.03 bits per heavy atom. The van der Waals surface area contributed by atoms with E-state index in [1.54, 1.807) is 18.2 Å². The zero-order valence-electron chi connectivity index (χ0n) is 14.7. The number of aromatic nitrogens is 1. The largest absolute Gasteiger partial charge is 0.478 e. The van der Waals surface area contributed by atoms with Crippen molar-refractivity contribution in [1.29, 1.82) is 0 Å². The molecular weight excluding hydrogens is 386 g/mol. The molecule has 0 atom stereocenters. The minimum atomic E-state index is -1.55. The fraction of sp³-hybridized carbons (Fsp3) is 0.0556. The molecule has 0 fully saturated rings. The van der Waals surface area contributed by atoms with Crippen LogP contribution in [0.15, 0.2) is 42.5 Å². The second kappa shape index (κ2) is 7.31. The number of hydrogen-bond acceptors (Lipinski definition) is 8. The van der Waals surface area contributed by atoms with Crippen LogP contribution in [0.25, 0.3) is 22.2 Å². The van der Waals surface area contributed by atoms with E-state index < -0.39 is 44.3 Å². The maximum atomic E-state index is 12.4. The number of hydrogen-bond donors (Lipinski definition) is 1. The van der Waals surface area contributed by atoms with Gasteiger partial charge in [-0.05, 0) is 0 Å². The quantitative estimate of drug-likeness (QED) is 0.387. The fourth-order valence-electron chi connectivity index (χ4n) is 2.90. The van der Waals surface area contributed by atoms with Crippen LogP contribution in [0.3, 0.4) is 0 Å². The molecule has 0 unspecified atom stereocenters. The van der Waals surface area contributed by atoms with E-state index in [0.717, 1.165) is 13.2 Å². The van der Waals surface area contributed by atoms with Crippen molar-refractivity contribution in [3.63, 3.8) is 0 Å². The summed E-state index contributed by atoms with van der Waals surface area (Å²) in [5.74, 6) is -2.67. The Hall–Kier alpha value is -4.41. The van der Waals surface area contributed by atoms with E-state index in [9.17, 15) is 34.9 Å². The second-order valence-electron chi connectivity index (χ2n) is 5.75. The molecule has 146 valence electrons. The van der Waals surface area contributed by atoms with Crippen LogP contribution >= 0.6 is 0 Å². The number of non-ortho nitro benzene ring substituents is 2. The molecular formula is C18H11N3O8. The first kappa shape index (κ1) is 19.4. The molecule has 11 nitrogen and oxygen atoms in total. The summed E-state index contributed by atoms with van der Waals surface area (Å²) in [6.45, 7) is 0. The zero-order valence-corrected chi connectivity index (χ0v) is 14.7. The molecule has 1 heterocycles. The lowest BCUT2D eigenvalue weighted by molar-refractivity contribution is -0.393. The van der Waals surface area contributed by atoms with Gasteiger partial charge in [-0.2, -0.15) is 0 Å². The predicted molar refractivity (Wildman–Crippen MR) is 98.8 cm³/mol. The molecule has 0 amide bonds. The molecule has 1 N–H and O–H groups in total. The number of methoxy groups -OCH3 is 1. The van der Waals surface area contributed by atoms with Gasteiger partial charge < -0.3 is 9.84 Å². The number of ether oxygens (including phenoxy) is 1. The number of pyridine rings is 1. The van der Waals surface area contributed by atoms with Crippen LogP contribution in [0, 0.1) is 20.2 Å². The Labute approximate surface area is 161 Å². The molecule has 2 aromatic carbocycles. The van der Waals surface area contributed by atoms with E-state index in [1.807, 2.05) is 0 Å². The lowest BCUT2D eigenvalue weighted by Crippen LogP contribution is -2.14. The van der Waals surface area contributed by atoms with Crippen LogP contribution in [-0.4, -0.2) is 39.0 Å². The third-order valence-electron chi connectivity index (χ3n) is 4.11. The number of nitro groups is 2. The number of fused-ring (bicyclic) bond motifs is 1. The maximum absolute atomic E-state index is 12.4. The van der Waals surface area contributed by atoms with Gasteiger partial charge in [-0.3, -0.25) is 20.2 Å². The first-order valence-electron chi connectivity index (χ1n) is 7.93. The number of aromatic carboxylic acids is 1. The molecule has 1 aromatic heterocycles. The lowest BCUT2D eigenvalue weighted by atomic mass is 9.96. The number of carboxylic acids is 1. The summed E-state index contributed by atoms with van der Waals surface area (Å²) >= 11 is 0.